The van der Waals surface area contributed by atoms with Crippen LogP contribution in [0, 0.1) is 6.92 Å². The highest BCUT2D eigenvalue weighted by Gasteiger charge is 2.58. The van der Waals surface area contributed by atoms with Crippen molar-refractivity contribution in [1.82, 2.24) is 0 Å². The molecular formula is C30H38N+. The van der Waals surface area contributed by atoms with E-state index in [0.29, 0.717) is 11.8 Å². The van der Waals surface area contributed by atoms with E-state index in [9.17, 15) is 0 Å². The van der Waals surface area contributed by atoms with Crippen LogP contribution in [0.1, 0.15) is 101 Å². The Hall–Kier alpha value is -2.15. The molecule has 2 aromatic carbocycles. The van der Waals surface area contributed by atoms with Crippen molar-refractivity contribution in [1.29, 1.82) is 0 Å². The van der Waals surface area contributed by atoms with Crippen molar-refractivity contribution in [3.8, 4) is 11.3 Å². The average Bonchev–Trinajstić information content (AvgIpc) is 2.78. The molecule has 0 bridgehead atoms. The van der Waals surface area contributed by atoms with Crippen molar-refractivity contribution in [3.63, 3.8) is 0 Å². The Morgan fingerprint density at radius 3 is 2.26 bits per heavy atom. The maximum atomic E-state index is 2.79. The Balaban J connectivity index is 2.08. The molecule has 1 aliphatic carbocycles. The molecule has 2 aliphatic rings. The summed E-state index contributed by atoms with van der Waals surface area (Å²) >= 11 is 0. The second-order valence-electron chi connectivity index (χ2n) is 10.8. The fraction of sp³-hybridized carbons (Fsp3) is 0.500. The number of aromatic nitrogens is 1. The molecule has 1 aromatic heterocycles. The van der Waals surface area contributed by atoms with Gasteiger partial charge in [0, 0.05) is 25.0 Å². The maximum Gasteiger partial charge on any atom is 0.217 e. The molecule has 0 amide bonds. The molecule has 4 atom stereocenters. The van der Waals surface area contributed by atoms with Crippen LogP contribution in [-0.4, -0.2) is 0 Å². The van der Waals surface area contributed by atoms with Gasteiger partial charge in [0.2, 0.25) is 11.2 Å². The molecule has 31 heavy (non-hydrogen) atoms. The van der Waals surface area contributed by atoms with E-state index in [-0.39, 0.29) is 11.0 Å². The SMILES string of the molecule is CCC1(C)c2ccccc2-c2c3c(c4cc(C)ccc4[n+]2C1(C)CC)C(C)CCC3C. The van der Waals surface area contributed by atoms with Gasteiger partial charge in [-0.05, 0) is 68.2 Å². The van der Waals surface area contributed by atoms with Gasteiger partial charge in [-0.2, -0.15) is 4.57 Å². The average molecular weight is 413 g/mol. The second-order valence-corrected chi connectivity index (χ2v) is 10.8. The predicted molar refractivity (Wildman–Crippen MR) is 132 cm³/mol. The second kappa shape index (κ2) is 6.92. The standard InChI is InChI=1S/C30H38N/c1-8-29(6)24-13-11-10-12-22(24)28-27-21(5)16-15-20(4)26(27)23-18-19(3)14-17-25(23)31(28)30(29,7)9-2/h10-14,17-18,20-21H,8-9,15-16H2,1-7H3/q+1. The molecule has 162 valence electrons. The highest BCUT2D eigenvalue weighted by Crippen LogP contribution is 2.54. The first-order valence-electron chi connectivity index (χ1n) is 12.4. The topological polar surface area (TPSA) is 3.88 Å². The molecule has 0 fully saturated rings. The van der Waals surface area contributed by atoms with Crippen LogP contribution in [0.3, 0.4) is 0 Å². The number of benzene rings is 2. The summed E-state index contributed by atoms with van der Waals surface area (Å²) in [7, 11) is 0. The van der Waals surface area contributed by atoms with Crippen LogP contribution in [0.2, 0.25) is 0 Å². The van der Waals surface area contributed by atoms with Crippen molar-refractivity contribution in [2.45, 2.75) is 96.9 Å². The van der Waals surface area contributed by atoms with Gasteiger partial charge >= 0.3 is 0 Å². The van der Waals surface area contributed by atoms with Crippen LogP contribution in [0.4, 0.5) is 0 Å². The zero-order valence-electron chi connectivity index (χ0n) is 20.5. The zero-order valence-corrected chi connectivity index (χ0v) is 20.5. The lowest BCUT2D eigenvalue weighted by atomic mass is 9.59. The van der Waals surface area contributed by atoms with Crippen molar-refractivity contribution in [2.24, 2.45) is 0 Å². The van der Waals surface area contributed by atoms with Crippen LogP contribution in [0.15, 0.2) is 42.5 Å². The van der Waals surface area contributed by atoms with Gasteiger partial charge in [-0.1, -0.05) is 57.5 Å². The molecule has 0 saturated carbocycles. The van der Waals surface area contributed by atoms with Gasteiger partial charge in [0.15, 0.2) is 5.54 Å². The molecule has 4 unspecified atom stereocenters. The summed E-state index contributed by atoms with van der Waals surface area (Å²) in [6.07, 6.45) is 4.83. The molecule has 2 heterocycles. The summed E-state index contributed by atoms with van der Waals surface area (Å²) in [5.74, 6) is 1.21. The number of aryl methyl sites for hydroxylation is 1. The molecule has 1 aliphatic heterocycles. The molecule has 3 aromatic rings. The minimum absolute atomic E-state index is 0.0222. The smallest absolute Gasteiger partial charge is 0.185 e. The number of hydrogen-bond acceptors (Lipinski definition) is 0. The highest BCUT2D eigenvalue weighted by molar-refractivity contribution is 5.87. The molecule has 0 saturated heterocycles. The fourth-order valence-electron chi connectivity index (χ4n) is 7.00. The predicted octanol–water partition coefficient (Wildman–Crippen LogP) is 7.91. The Bertz CT molecular complexity index is 1190. The minimum Gasteiger partial charge on any atom is -0.185 e. The third-order valence-corrected chi connectivity index (χ3v) is 9.32. The Morgan fingerprint density at radius 2 is 1.58 bits per heavy atom. The number of pyridine rings is 1. The fourth-order valence-corrected chi connectivity index (χ4v) is 7.00. The van der Waals surface area contributed by atoms with E-state index in [0.717, 1.165) is 12.8 Å². The molecular weight excluding hydrogens is 374 g/mol. The number of fused-ring (bicyclic) bond motifs is 8. The normalized spacial score (nSPS) is 29.4. The van der Waals surface area contributed by atoms with Crippen LogP contribution < -0.4 is 4.57 Å². The summed E-state index contributed by atoms with van der Waals surface area (Å²) in [6.45, 7) is 17.0. The van der Waals surface area contributed by atoms with Crippen molar-refractivity contribution in [2.75, 3.05) is 0 Å². The van der Waals surface area contributed by atoms with Gasteiger partial charge in [-0.3, -0.25) is 0 Å². The molecule has 0 spiro atoms. The van der Waals surface area contributed by atoms with Crippen LogP contribution >= 0.6 is 0 Å². The Morgan fingerprint density at radius 1 is 0.903 bits per heavy atom. The van der Waals surface area contributed by atoms with Crippen molar-refractivity contribution in [3.05, 3.63) is 64.7 Å². The number of hydrogen-bond donors (Lipinski definition) is 0. The Kier molecular flexibility index (Phi) is 4.63. The Labute approximate surface area is 188 Å². The first-order chi connectivity index (χ1) is 14.8. The lowest BCUT2D eigenvalue weighted by molar-refractivity contribution is -0.743. The van der Waals surface area contributed by atoms with Gasteiger partial charge in [0.05, 0.1) is 16.4 Å². The first kappa shape index (κ1) is 20.7. The van der Waals surface area contributed by atoms with Crippen LogP contribution in [0.5, 0.6) is 0 Å². The molecule has 1 heteroatoms. The number of nitrogens with zero attached hydrogens (tertiary/aromatic N) is 1. The summed E-state index contributed by atoms with van der Waals surface area (Å²) in [5, 5.41) is 1.50. The summed E-state index contributed by atoms with van der Waals surface area (Å²) in [6, 6.07) is 16.5. The van der Waals surface area contributed by atoms with Gasteiger partial charge < -0.3 is 0 Å². The van der Waals surface area contributed by atoms with E-state index in [1.165, 1.54) is 40.6 Å². The maximum absolute atomic E-state index is 2.79. The van der Waals surface area contributed by atoms with E-state index in [1.54, 1.807) is 16.7 Å². The van der Waals surface area contributed by atoms with Crippen molar-refractivity contribution >= 4 is 10.9 Å². The molecule has 0 radical (unpaired) electrons. The van der Waals surface area contributed by atoms with E-state index in [1.807, 2.05) is 0 Å². The largest absolute Gasteiger partial charge is 0.217 e. The van der Waals surface area contributed by atoms with Gasteiger partial charge in [-0.25, -0.2) is 0 Å². The lowest BCUT2D eigenvalue weighted by Gasteiger charge is -2.47. The first-order valence-corrected chi connectivity index (χ1v) is 12.4. The van der Waals surface area contributed by atoms with E-state index in [2.05, 4.69) is 95.5 Å². The summed E-state index contributed by atoms with van der Waals surface area (Å²) in [4.78, 5) is 0. The zero-order chi connectivity index (χ0) is 22.1. The van der Waals surface area contributed by atoms with E-state index < -0.39 is 0 Å². The summed E-state index contributed by atoms with van der Waals surface area (Å²) < 4.78 is 2.79. The monoisotopic (exact) mass is 412 g/mol. The van der Waals surface area contributed by atoms with E-state index in [4.69, 9.17) is 0 Å². The third-order valence-electron chi connectivity index (χ3n) is 9.32. The van der Waals surface area contributed by atoms with Crippen LogP contribution in [0.25, 0.3) is 22.2 Å². The van der Waals surface area contributed by atoms with Crippen LogP contribution in [-0.2, 0) is 11.0 Å². The van der Waals surface area contributed by atoms with Gasteiger partial charge in [-0.15, -0.1) is 0 Å². The molecule has 1 nitrogen and oxygen atoms in total. The quantitative estimate of drug-likeness (QED) is 0.376. The highest BCUT2D eigenvalue weighted by atomic mass is 15.1. The molecule has 5 rings (SSSR count). The van der Waals surface area contributed by atoms with Crippen molar-refractivity contribution < 1.29 is 4.57 Å². The molecule has 0 N–H and O–H groups in total. The lowest BCUT2D eigenvalue weighted by Crippen LogP contribution is -2.68. The third kappa shape index (κ3) is 2.53. The van der Waals surface area contributed by atoms with Gasteiger partial charge in [0.1, 0.15) is 0 Å². The number of rotatable bonds is 2. The van der Waals surface area contributed by atoms with Gasteiger partial charge in [0.25, 0.3) is 0 Å². The van der Waals surface area contributed by atoms with E-state index >= 15 is 0 Å². The minimum atomic E-state index is 0.0222. The summed E-state index contributed by atoms with van der Waals surface area (Å²) in [5.41, 5.74) is 10.7.